The van der Waals surface area contributed by atoms with E-state index in [2.05, 4.69) is 31.9 Å². The van der Waals surface area contributed by atoms with Crippen LogP contribution in [-0.2, 0) is 6.18 Å². The second kappa shape index (κ2) is 5.65. The van der Waals surface area contributed by atoms with Crippen LogP contribution in [-0.4, -0.2) is 0 Å². The smallest absolute Gasteiger partial charge is 0.420 e. The Bertz CT molecular complexity index is 644. The molecule has 0 radical (unpaired) electrons. The van der Waals surface area contributed by atoms with Gasteiger partial charge in [-0.25, -0.2) is 0 Å². The largest absolute Gasteiger partial charge is 0.456 e. The molecule has 7 heteroatoms. The van der Waals surface area contributed by atoms with Crippen molar-refractivity contribution in [3.05, 3.63) is 50.9 Å². The van der Waals surface area contributed by atoms with Crippen molar-refractivity contribution >= 4 is 37.5 Å². The Morgan fingerprint density at radius 1 is 0.950 bits per heavy atom. The van der Waals surface area contributed by atoms with Crippen molar-refractivity contribution in [1.29, 1.82) is 0 Å². The third-order valence-corrected chi connectivity index (χ3v) is 3.54. The van der Waals surface area contributed by atoms with Crippen molar-refractivity contribution in [3.8, 4) is 11.5 Å². The van der Waals surface area contributed by atoms with E-state index >= 15 is 0 Å². The summed E-state index contributed by atoms with van der Waals surface area (Å²) in [7, 11) is 0. The molecule has 0 aliphatic carbocycles. The second-order valence-electron chi connectivity index (χ2n) is 3.93. The van der Waals surface area contributed by atoms with Crippen LogP contribution in [0.2, 0.25) is 0 Å². The summed E-state index contributed by atoms with van der Waals surface area (Å²) in [4.78, 5) is 0. The SMILES string of the molecule is Nc1ccc(Oc2ccc(Br)cc2Br)c(C(F)(F)F)c1. The molecule has 2 aromatic rings. The van der Waals surface area contributed by atoms with Crippen molar-refractivity contribution in [2.45, 2.75) is 6.18 Å². The lowest BCUT2D eigenvalue weighted by atomic mass is 10.1. The fourth-order valence-electron chi connectivity index (χ4n) is 1.53. The van der Waals surface area contributed by atoms with Crippen LogP contribution < -0.4 is 10.5 Å². The number of anilines is 1. The third kappa shape index (κ3) is 3.46. The molecule has 0 spiro atoms. The van der Waals surface area contributed by atoms with E-state index in [-0.39, 0.29) is 17.2 Å². The summed E-state index contributed by atoms with van der Waals surface area (Å²) in [6.07, 6.45) is -4.54. The van der Waals surface area contributed by atoms with Crippen LogP contribution in [0.4, 0.5) is 18.9 Å². The molecule has 2 aromatic carbocycles. The second-order valence-corrected chi connectivity index (χ2v) is 5.70. The Hall–Kier alpha value is -1.21. The summed E-state index contributed by atoms with van der Waals surface area (Å²) in [6, 6.07) is 8.32. The first-order chi connectivity index (χ1) is 9.27. The zero-order chi connectivity index (χ0) is 14.9. The predicted octanol–water partition coefficient (Wildman–Crippen LogP) is 5.60. The molecule has 0 aromatic heterocycles. The Morgan fingerprint density at radius 2 is 1.60 bits per heavy atom. The minimum atomic E-state index is -4.54. The van der Waals surface area contributed by atoms with E-state index in [9.17, 15) is 13.2 Å². The molecular weight excluding hydrogens is 403 g/mol. The number of ether oxygens (including phenoxy) is 1. The molecule has 0 fully saturated rings. The van der Waals surface area contributed by atoms with Crippen molar-refractivity contribution < 1.29 is 17.9 Å². The van der Waals surface area contributed by atoms with Gasteiger partial charge in [-0.1, -0.05) is 15.9 Å². The molecule has 0 bridgehead atoms. The maximum absolute atomic E-state index is 12.9. The zero-order valence-electron chi connectivity index (χ0n) is 9.84. The average Bonchev–Trinajstić information content (AvgIpc) is 2.33. The summed E-state index contributed by atoms with van der Waals surface area (Å²) in [5.74, 6) is -0.0156. The van der Waals surface area contributed by atoms with Gasteiger partial charge in [0.15, 0.2) is 0 Å². The highest BCUT2D eigenvalue weighted by atomic mass is 79.9. The molecular formula is C13H8Br2F3NO. The van der Waals surface area contributed by atoms with Gasteiger partial charge in [0.05, 0.1) is 4.47 Å². The molecule has 0 unspecified atom stereocenters. The quantitative estimate of drug-likeness (QED) is 0.653. The predicted molar refractivity (Wildman–Crippen MR) is 77.8 cm³/mol. The molecule has 20 heavy (non-hydrogen) atoms. The monoisotopic (exact) mass is 409 g/mol. The van der Waals surface area contributed by atoms with Crippen LogP contribution in [0.25, 0.3) is 0 Å². The van der Waals surface area contributed by atoms with Crippen LogP contribution in [0.1, 0.15) is 5.56 Å². The standard InChI is InChI=1S/C13H8Br2F3NO/c14-7-1-3-12(10(15)5-7)20-11-4-2-8(19)6-9(11)13(16,17)18/h1-6H,19H2. The highest BCUT2D eigenvalue weighted by molar-refractivity contribution is 9.11. The lowest BCUT2D eigenvalue weighted by Gasteiger charge is -2.15. The molecule has 0 atom stereocenters. The fraction of sp³-hybridized carbons (Fsp3) is 0.0769. The van der Waals surface area contributed by atoms with Crippen LogP contribution in [0.5, 0.6) is 11.5 Å². The number of halogens is 5. The van der Waals surface area contributed by atoms with Gasteiger partial charge in [-0.05, 0) is 52.3 Å². The van der Waals surface area contributed by atoms with Gasteiger partial charge in [0.25, 0.3) is 0 Å². The number of benzene rings is 2. The molecule has 2 rings (SSSR count). The number of hydrogen-bond donors (Lipinski definition) is 1. The van der Waals surface area contributed by atoms with Gasteiger partial charge in [-0.3, -0.25) is 0 Å². The summed E-state index contributed by atoms with van der Waals surface area (Å²) in [5.41, 5.74) is 4.51. The molecule has 0 saturated heterocycles. The third-order valence-electron chi connectivity index (χ3n) is 2.42. The molecule has 106 valence electrons. The van der Waals surface area contributed by atoms with Gasteiger partial charge in [0.1, 0.15) is 17.1 Å². The number of alkyl halides is 3. The Kier molecular flexibility index (Phi) is 4.29. The molecule has 0 amide bonds. The minimum Gasteiger partial charge on any atom is -0.456 e. The van der Waals surface area contributed by atoms with Crippen molar-refractivity contribution in [3.63, 3.8) is 0 Å². The number of hydrogen-bond acceptors (Lipinski definition) is 2. The summed E-state index contributed by atoms with van der Waals surface area (Å²) in [5, 5.41) is 0. The Labute approximate surface area is 130 Å². The first-order valence-corrected chi connectivity index (χ1v) is 6.95. The Balaban J connectivity index is 2.43. The highest BCUT2D eigenvalue weighted by Gasteiger charge is 2.34. The maximum atomic E-state index is 12.9. The Morgan fingerprint density at radius 3 is 2.20 bits per heavy atom. The van der Waals surface area contributed by atoms with Gasteiger partial charge in [-0.2, -0.15) is 13.2 Å². The summed E-state index contributed by atoms with van der Waals surface area (Å²) < 4.78 is 45.5. The van der Waals surface area contributed by atoms with Crippen LogP contribution >= 0.6 is 31.9 Å². The molecule has 2 N–H and O–H groups in total. The van der Waals surface area contributed by atoms with Gasteiger partial charge in [0, 0.05) is 10.2 Å². The summed E-state index contributed by atoms with van der Waals surface area (Å²) >= 11 is 6.49. The van der Waals surface area contributed by atoms with E-state index in [1.54, 1.807) is 18.2 Å². The van der Waals surface area contributed by atoms with Crippen LogP contribution in [0.15, 0.2) is 45.3 Å². The van der Waals surface area contributed by atoms with E-state index in [4.69, 9.17) is 10.5 Å². The topological polar surface area (TPSA) is 35.2 Å². The first kappa shape index (κ1) is 15.2. The van der Waals surface area contributed by atoms with E-state index in [0.29, 0.717) is 4.47 Å². The van der Waals surface area contributed by atoms with Crippen molar-refractivity contribution in [2.24, 2.45) is 0 Å². The van der Waals surface area contributed by atoms with Gasteiger partial charge in [-0.15, -0.1) is 0 Å². The molecule has 0 aliphatic rings. The normalized spacial score (nSPS) is 11.4. The highest BCUT2D eigenvalue weighted by Crippen LogP contribution is 2.40. The van der Waals surface area contributed by atoms with E-state index in [0.717, 1.165) is 10.5 Å². The molecule has 0 aliphatic heterocycles. The number of rotatable bonds is 2. The zero-order valence-corrected chi connectivity index (χ0v) is 13.0. The lowest BCUT2D eigenvalue weighted by molar-refractivity contribution is -0.138. The summed E-state index contributed by atoms with van der Waals surface area (Å²) in [6.45, 7) is 0. The van der Waals surface area contributed by atoms with Crippen LogP contribution in [0.3, 0.4) is 0 Å². The fourth-order valence-corrected chi connectivity index (χ4v) is 2.66. The van der Waals surface area contributed by atoms with Gasteiger partial charge >= 0.3 is 6.18 Å². The maximum Gasteiger partial charge on any atom is 0.420 e. The number of nitrogen functional groups attached to an aromatic ring is 1. The van der Waals surface area contributed by atoms with E-state index in [1.807, 2.05) is 0 Å². The van der Waals surface area contributed by atoms with Gasteiger partial charge in [0.2, 0.25) is 0 Å². The van der Waals surface area contributed by atoms with Gasteiger partial charge < -0.3 is 10.5 Å². The van der Waals surface area contributed by atoms with Crippen LogP contribution in [0, 0.1) is 0 Å². The lowest BCUT2D eigenvalue weighted by Crippen LogP contribution is -2.08. The van der Waals surface area contributed by atoms with Crippen molar-refractivity contribution in [2.75, 3.05) is 5.73 Å². The molecule has 0 saturated carbocycles. The minimum absolute atomic E-state index is 0.0274. The van der Waals surface area contributed by atoms with Crippen molar-refractivity contribution in [1.82, 2.24) is 0 Å². The average molecular weight is 411 g/mol. The first-order valence-electron chi connectivity index (χ1n) is 5.37. The molecule has 0 heterocycles. The van der Waals surface area contributed by atoms with E-state index in [1.165, 1.54) is 12.1 Å². The van der Waals surface area contributed by atoms with E-state index < -0.39 is 11.7 Å². The number of nitrogens with two attached hydrogens (primary N) is 1. The molecule has 2 nitrogen and oxygen atoms in total.